The van der Waals surface area contributed by atoms with Crippen LogP contribution >= 0.6 is 0 Å². The molecule has 0 aliphatic rings. The molecule has 0 radical (unpaired) electrons. The summed E-state index contributed by atoms with van der Waals surface area (Å²) in [6.45, 7) is 5.80. The monoisotopic (exact) mass is 285 g/mol. The number of aliphatic hydroxyl groups excluding tert-OH is 1. The van der Waals surface area contributed by atoms with Gasteiger partial charge in [-0.1, -0.05) is 13.8 Å². The average molecular weight is 285 g/mol. The fourth-order valence-corrected chi connectivity index (χ4v) is 1.77. The maximum Gasteiger partial charge on any atom is 0.254 e. The first-order valence-electron chi connectivity index (χ1n) is 6.61. The van der Waals surface area contributed by atoms with Gasteiger partial charge in [-0.2, -0.15) is 0 Å². The van der Waals surface area contributed by atoms with Gasteiger partial charge in [-0.15, -0.1) is 0 Å². The number of hydrogen-bond donors (Lipinski definition) is 2. The van der Waals surface area contributed by atoms with E-state index in [0.29, 0.717) is 13.0 Å². The molecule has 0 aliphatic carbocycles. The Morgan fingerprint density at radius 3 is 2.55 bits per heavy atom. The molecular formula is C15H21F2NO2. The Hall–Kier alpha value is -1.49. The van der Waals surface area contributed by atoms with Gasteiger partial charge in [-0.25, -0.2) is 8.78 Å². The molecule has 3 nitrogen and oxygen atoms in total. The quantitative estimate of drug-likeness (QED) is 0.790. The van der Waals surface area contributed by atoms with Crippen LogP contribution in [0.3, 0.4) is 0 Å². The molecule has 0 aromatic heterocycles. The van der Waals surface area contributed by atoms with Gasteiger partial charge in [0.2, 0.25) is 0 Å². The molecule has 0 atom stereocenters. The largest absolute Gasteiger partial charge is 0.396 e. The maximum atomic E-state index is 13.5. The Kier molecular flexibility index (Phi) is 5.62. The highest BCUT2D eigenvalue weighted by Gasteiger charge is 2.17. The van der Waals surface area contributed by atoms with Crippen molar-refractivity contribution in [2.24, 2.45) is 5.41 Å². The molecule has 20 heavy (non-hydrogen) atoms. The summed E-state index contributed by atoms with van der Waals surface area (Å²) in [6.07, 6.45) is 1.43. The minimum absolute atomic E-state index is 0.0761. The summed E-state index contributed by atoms with van der Waals surface area (Å²) in [5.74, 6) is -2.07. The molecule has 0 spiro atoms. The Bertz CT molecular complexity index is 487. The van der Waals surface area contributed by atoms with Gasteiger partial charge in [-0.05, 0) is 36.8 Å². The van der Waals surface area contributed by atoms with Gasteiger partial charge in [0.15, 0.2) is 0 Å². The molecule has 0 fully saturated rings. The van der Waals surface area contributed by atoms with Gasteiger partial charge in [-0.3, -0.25) is 4.79 Å². The van der Waals surface area contributed by atoms with Crippen molar-refractivity contribution in [2.75, 3.05) is 13.2 Å². The third-order valence-electron chi connectivity index (χ3n) is 3.24. The number of benzene rings is 1. The van der Waals surface area contributed by atoms with Crippen LogP contribution < -0.4 is 5.32 Å². The van der Waals surface area contributed by atoms with Gasteiger partial charge < -0.3 is 10.4 Å². The molecule has 0 heterocycles. The highest BCUT2D eigenvalue weighted by atomic mass is 19.1. The number of nitrogens with one attached hydrogen (secondary N) is 1. The molecule has 0 aliphatic heterocycles. The van der Waals surface area contributed by atoms with Crippen LogP contribution in [0, 0.1) is 24.0 Å². The van der Waals surface area contributed by atoms with Crippen LogP contribution in [0.25, 0.3) is 0 Å². The predicted molar refractivity (Wildman–Crippen MR) is 73.5 cm³/mol. The number of hydrogen-bond acceptors (Lipinski definition) is 2. The van der Waals surface area contributed by atoms with Crippen LogP contribution in [0.1, 0.15) is 42.6 Å². The Morgan fingerprint density at radius 1 is 1.30 bits per heavy atom. The van der Waals surface area contributed by atoms with Crippen molar-refractivity contribution in [1.82, 2.24) is 5.32 Å². The third kappa shape index (κ3) is 4.56. The molecular weight excluding hydrogens is 264 g/mol. The second-order valence-corrected chi connectivity index (χ2v) is 5.76. The Balaban J connectivity index is 2.54. The normalized spacial score (nSPS) is 11.5. The number of rotatable bonds is 6. The van der Waals surface area contributed by atoms with Gasteiger partial charge >= 0.3 is 0 Å². The topological polar surface area (TPSA) is 49.3 Å². The molecule has 1 aromatic rings. The van der Waals surface area contributed by atoms with Crippen molar-refractivity contribution in [3.05, 3.63) is 34.9 Å². The average Bonchev–Trinajstić information content (AvgIpc) is 2.38. The van der Waals surface area contributed by atoms with E-state index >= 15 is 0 Å². The molecule has 5 heteroatoms. The summed E-state index contributed by atoms with van der Waals surface area (Å²) >= 11 is 0. The lowest BCUT2D eigenvalue weighted by molar-refractivity contribution is 0.0944. The van der Waals surface area contributed by atoms with E-state index in [4.69, 9.17) is 5.11 Å². The minimum Gasteiger partial charge on any atom is -0.396 e. The lowest BCUT2D eigenvalue weighted by atomic mass is 9.89. The lowest BCUT2D eigenvalue weighted by Crippen LogP contribution is -2.27. The molecule has 2 N–H and O–H groups in total. The summed E-state index contributed by atoms with van der Waals surface area (Å²) < 4.78 is 26.6. The van der Waals surface area contributed by atoms with Crippen molar-refractivity contribution in [3.63, 3.8) is 0 Å². The molecule has 0 unspecified atom stereocenters. The van der Waals surface area contributed by atoms with Crippen molar-refractivity contribution in [3.8, 4) is 0 Å². The van der Waals surface area contributed by atoms with E-state index in [1.807, 2.05) is 13.8 Å². The number of halogens is 2. The zero-order valence-electron chi connectivity index (χ0n) is 12.1. The summed E-state index contributed by atoms with van der Waals surface area (Å²) in [5, 5.41) is 11.7. The zero-order chi connectivity index (χ0) is 15.3. The van der Waals surface area contributed by atoms with Gasteiger partial charge in [0, 0.05) is 19.2 Å². The van der Waals surface area contributed by atoms with E-state index in [1.165, 1.54) is 13.0 Å². The predicted octanol–water partition coefficient (Wildman–Crippen LogP) is 2.80. The number of aliphatic hydroxyl groups is 1. The first-order valence-corrected chi connectivity index (χ1v) is 6.61. The molecule has 0 bridgehead atoms. The summed E-state index contributed by atoms with van der Waals surface area (Å²) in [6, 6.07) is 1.93. The molecule has 1 rings (SSSR count). The van der Waals surface area contributed by atoms with Gasteiger partial charge in [0.05, 0.1) is 5.56 Å². The van der Waals surface area contributed by atoms with Crippen LogP contribution in [0.2, 0.25) is 0 Å². The van der Waals surface area contributed by atoms with E-state index < -0.39 is 17.5 Å². The molecule has 112 valence electrons. The number of carbonyl (C=O) groups is 1. The minimum atomic E-state index is -0.860. The van der Waals surface area contributed by atoms with E-state index in [2.05, 4.69) is 5.32 Å². The second-order valence-electron chi connectivity index (χ2n) is 5.76. The molecule has 0 saturated heterocycles. The van der Waals surface area contributed by atoms with E-state index in [-0.39, 0.29) is 23.1 Å². The fraction of sp³-hybridized carbons (Fsp3) is 0.533. The van der Waals surface area contributed by atoms with Crippen molar-refractivity contribution >= 4 is 5.91 Å². The number of amides is 1. The van der Waals surface area contributed by atoms with Crippen molar-refractivity contribution in [1.29, 1.82) is 0 Å². The lowest BCUT2D eigenvalue weighted by Gasteiger charge is -2.21. The Labute approximate surface area is 118 Å². The highest BCUT2D eigenvalue weighted by Crippen LogP contribution is 2.20. The van der Waals surface area contributed by atoms with E-state index in [1.54, 1.807) is 0 Å². The number of aryl methyl sites for hydroxylation is 1. The van der Waals surface area contributed by atoms with Crippen molar-refractivity contribution < 1.29 is 18.7 Å². The zero-order valence-corrected chi connectivity index (χ0v) is 12.1. The van der Waals surface area contributed by atoms with Crippen LogP contribution in [-0.4, -0.2) is 24.2 Å². The van der Waals surface area contributed by atoms with Crippen molar-refractivity contribution in [2.45, 2.75) is 33.6 Å². The highest BCUT2D eigenvalue weighted by molar-refractivity contribution is 5.94. The first-order chi connectivity index (χ1) is 9.26. The summed E-state index contributed by atoms with van der Waals surface area (Å²) in [4.78, 5) is 11.8. The molecule has 1 amide bonds. The van der Waals surface area contributed by atoms with Gasteiger partial charge in [0.1, 0.15) is 11.6 Å². The Morgan fingerprint density at radius 2 is 1.95 bits per heavy atom. The van der Waals surface area contributed by atoms with E-state index in [0.717, 1.165) is 12.5 Å². The smallest absolute Gasteiger partial charge is 0.254 e. The third-order valence-corrected chi connectivity index (χ3v) is 3.24. The van der Waals surface area contributed by atoms with E-state index in [9.17, 15) is 13.6 Å². The maximum absolute atomic E-state index is 13.5. The van der Waals surface area contributed by atoms with Crippen LogP contribution in [-0.2, 0) is 0 Å². The second kappa shape index (κ2) is 6.79. The number of carbonyl (C=O) groups excluding carboxylic acids is 1. The SMILES string of the molecule is Cc1cc(C(=O)NCCCC(C)(C)CO)c(F)cc1F. The molecule has 0 saturated carbocycles. The fourth-order valence-electron chi connectivity index (χ4n) is 1.77. The van der Waals surface area contributed by atoms with Crippen LogP contribution in [0.15, 0.2) is 12.1 Å². The van der Waals surface area contributed by atoms with Crippen LogP contribution in [0.4, 0.5) is 8.78 Å². The van der Waals surface area contributed by atoms with Crippen LogP contribution in [0.5, 0.6) is 0 Å². The summed E-state index contributed by atoms with van der Waals surface area (Å²) in [7, 11) is 0. The van der Waals surface area contributed by atoms with Gasteiger partial charge in [0.25, 0.3) is 5.91 Å². The standard InChI is InChI=1S/C15H21F2NO2/c1-10-7-11(13(17)8-12(10)16)14(20)18-6-4-5-15(2,3)9-19/h7-8,19H,4-6,9H2,1-3H3,(H,18,20). The first kappa shape index (κ1) is 16.6. The molecule has 1 aromatic carbocycles. The summed E-state index contributed by atoms with van der Waals surface area (Å²) in [5.41, 5.74) is -0.106.